The summed E-state index contributed by atoms with van der Waals surface area (Å²) in [5.74, 6) is 1.40. The molecule has 0 saturated carbocycles. The first-order chi connectivity index (χ1) is 10.9. The monoisotopic (exact) mass is 325 g/mol. The zero-order valence-electron chi connectivity index (χ0n) is 12.5. The molecule has 2 aromatic rings. The number of pyridine rings is 1. The van der Waals surface area contributed by atoms with E-state index in [-0.39, 0.29) is 0 Å². The van der Waals surface area contributed by atoms with Crippen molar-refractivity contribution in [2.75, 3.05) is 23.7 Å². The molecular weight excluding hydrogens is 307 g/mol. The molecule has 124 valence electrons. The lowest BCUT2D eigenvalue weighted by Crippen LogP contribution is -2.25. The Bertz CT molecular complexity index is 650. The third kappa shape index (κ3) is 3.57. The van der Waals surface area contributed by atoms with Crippen molar-refractivity contribution >= 4 is 11.6 Å². The molecule has 3 N–H and O–H groups in total. The van der Waals surface area contributed by atoms with Gasteiger partial charge in [0.15, 0.2) is 0 Å². The van der Waals surface area contributed by atoms with Crippen LogP contribution >= 0.6 is 0 Å². The number of aromatic nitrogens is 3. The highest BCUT2D eigenvalue weighted by atomic mass is 19.4. The SMILES string of the molecule is Nc1cc(C2CCCN(c3ccc(C(F)(F)F)cn3)CC2)[nH]n1. The van der Waals surface area contributed by atoms with Gasteiger partial charge in [-0.05, 0) is 31.4 Å². The molecule has 1 unspecified atom stereocenters. The van der Waals surface area contributed by atoms with E-state index in [1.807, 2.05) is 11.0 Å². The number of halogens is 3. The van der Waals surface area contributed by atoms with E-state index >= 15 is 0 Å². The Morgan fingerprint density at radius 1 is 1.22 bits per heavy atom. The minimum Gasteiger partial charge on any atom is -0.382 e. The van der Waals surface area contributed by atoms with Crippen molar-refractivity contribution in [1.29, 1.82) is 0 Å². The van der Waals surface area contributed by atoms with Crippen LogP contribution in [0.4, 0.5) is 24.8 Å². The van der Waals surface area contributed by atoms with Crippen LogP contribution in [0, 0.1) is 0 Å². The van der Waals surface area contributed by atoms with Gasteiger partial charge < -0.3 is 10.6 Å². The van der Waals surface area contributed by atoms with Crippen molar-refractivity contribution in [3.8, 4) is 0 Å². The van der Waals surface area contributed by atoms with Gasteiger partial charge in [-0.3, -0.25) is 5.10 Å². The van der Waals surface area contributed by atoms with Gasteiger partial charge in [0.2, 0.25) is 0 Å². The van der Waals surface area contributed by atoms with Crippen molar-refractivity contribution in [1.82, 2.24) is 15.2 Å². The van der Waals surface area contributed by atoms with E-state index < -0.39 is 11.7 Å². The molecule has 1 atom stereocenters. The fourth-order valence-electron chi connectivity index (χ4n) is 2.94. The van der Waals surface area contributed by atoms with E-state index in [0.717, 1.165) is 50.3 Å². The predicted octanol–water partition coefficient (Wildman–Crippen LogP) is 3.18. The van der Waals surface area contributed by atoms with Crippen LogP contribution in [0.2, 0.25) is 0 Å². The van der Waals surface area contributed by atoms with E-state index in [0.29, 0.717) is 17.6 Å². The zero-order chi connectivity index (χ0) is 16.4. The Balaban J connectivity index is 1.68. The molecule has 0 aromatic carbocycles. The van der Waals surface area contributed by atoms with Gasteiger partial charge in [0, 0.05) is 37.0 Å². The summed E-state index contributed by atoms with van der Waals surface area (Å²) in [6.07, 6.45) is -0.654. The van der Waals surface area contributed by atoms with Gasteiger partial charge in [-0.2, -0.15) is 18.3 Å². The van der Waals surface area contributed by atoms with Gasteiger partial charge in [-0.15, -0.1) is 0 Å². The van der Waals surface area contributed by atoms with Crippen molar-refractivity contribution < 1.29 is 13.2 Å². The molecule has 5 nitrogen and oxygen atoms in total. The van der Waals surface area contributed by atoms with Gasteiger partial charge in [-0.25, -0.2) is 4.98 Å². The lowest BCUT2D eigenvalue weighted by molar-refractivity contribution is -0.137. The third-order valence-electron chi connectivity index (χ3n) is 4.18. The van der Waals surface area contributed by atoms with Crippen LogP contribution in [0.1, 0.15) is 36.4 Å². The van der Waals surface area contributed by atoms with Crippen LogP contribution in [0.3, 0.4) is 0 Å². The number of hydrogen-bond donors (Lipinski definition) is 2. The first-order valence-electron chi connectivity index (χ1n) is 7.52. The molecule has 1 aliphatic heterocycles. The maximum absolute atomic E-state index is 12.6. The molecule has 3 rings (SSSR count). The molecule has 0 aliphatic carbocycles. The molecular formula is C15H18F3N5. The molecule has 1 aliphatic rings. The number of aromatic amines is 1. The number of nitrogens with two attached hydrogens (primary N) is 1. The average Bonchev–Trinajstić information content (AvgIpc) is 2.80. The standard InChI is InChI=1S/C15H18F3N5/c16-15(17,18)11-3-4-14(20-9-11)23-6-1-2-10(5-7-23)12-8-13(19)22-21-12/h3-4,8-10H,1-2,5-7H2,(H3,19,21,22). The molecule has 3 heterocycles. The second-order valence-corrected chi connectivity index (χ2v) is 5.77. The molecule has 2 aromatic heterocycles. The summed E-state index contributed by atoms with van der Waals surface area (Å²) < 4.78 is 37.8. The lowest BCUT2D eigenvalue weighted by Gasteiger charge is -2.22. The molecule has 0 spiro atoms. The molecule has 0 bridgehead atoms. The average molecular weight is 325 g/mol. The number of rotatable bonds is 2. The van der Waals surface area contributed by atoms with Crippen LogP contribution in [0.5, 0.6) is 0 Å². The van der Waals surface area contributed by atoms with Crippen molar-refractivity contribution in [3.63, 3.8) is 0 Å². The summed E-state index contributed by atoms with van der Waals surface area (Å²) >= 11 is 0. The van der Waals surface area contributed by atoms with Gasteiger partial charge in [0.25, 0.3) is 0 Å². The van der Waals surface area contributed by atoms with Gasteiger partial charge in [0.1, 0.15) is 11.6 Å². The first-order valence-corrected chi connectivity index (χ1v) is 7.52. The largest absolute Gasteiger partial charge is 0.417 e. The second-order valence-electron chi connectivity index (χ2n) is 5.77. The van der Waals surface area contributed by atoms with Crippen molar-refractivity contribution in [2.24, 2.45) is 0 Å². The van der Waals surface area contributed by atoms with Gasteiger partial charge in [0.05, 0.1) is 5.56 Å². The highest BCUT2D eigenvalue weighted by Crippen LogP contribution is 2.31. The Kier molecular flexibility index (Phi) is 4.14. The molecule has 1 saturated heterocycles. The van der Waals surface area contributed by atoms with Crippen molar-refractivity contribution in [2.45, 2.75) is 31.4 Å². The molecule has 8 heteroatoms. The summed E-state index contributed by atoms with van der Waals surface area (Å²) in [6.45, 7) is 1.51. The number of alkyl halides is 3. The van der Waals surface area contributed by atoms with Gasteiger partial charge in [-0.1, -0.05) is 0 Å². The minimum absolute atomic E-state index is 0.333. The van der Waals surface area contributed by atoms with Crippen LogP contribution < -0.4 is 10.6 Å². The smallest absolute Gasteiger partial charge is 0.382 e. The number of H-pyrrole nitrogens is 1. The maximum atomic E-state index is 12.6. The highest BCUT2D eigenvalue weighted by molar-refractivity contribution is 5.40. The van der Waals surface area contributed by atoms with E-state index in [9.17, 15) is 13.2 Å². The molecule has 1 fully saturated rings. The lowest BCUT2D eigenvalue weighted by atomic mass is 9.97. The summed E-state index contributed by atoms with van der Waals surface area (Å²) in [6, 6.07) is 4.37. The van der Waals surface area contributed by atoms with E-state index in [4.69, 9.17) is 5.73 Å². The third-order valence-corrected chi connectivity index (χ3v) is 4.18. The summed E-state index contributed by atoms with van der Waals surface area (Å²) in [4.78, 5) is 6.01. The first kappa shape index (κ1) is 15.6. The highest BCUT2D eigenvalue weighted by Gasteiger charge is 2.31. The Hall–Kier alpha value is -2.25. The Morgan fingerprint density at radius 3 is 2.65 bits per heavy atom. The van der Waals surface area contributed by atoms with Crippen LogP contribution in [-0.2, 0) is 6.18 Å². The zero-order valence-corrected chi connectivity index (χ0v) is 12.5. The fraction of sp³-hybridized carbons (Fsp3) is 0.467. The molecule has 0 radical (unpaired) electrons. The van der Waals surface area contributed by atoms with E-state index in [2.05, 4.69) is 15.2 Å². The predicted molar refractivity (Wildman–Crippen MR) is 81.0 cm³/mol. The van der Waals surface area contributed by atoms with Gasteiger partial charge >= 0.3 is 6.18 Å². The van der Waals surface area contributed by atoms with Crippen LogP contribution in [-0.4, -0.2) is 28.3 Å². The minimum atomic E-state index is -4.35. The maximum Gasteiger partial charge on any atom is 0.417 e. The van der Waals surface area contributed by atoms with E-state index in [1.54, 1.807) is 0 Å². The quantitative estimate of drug-likeness (QED) is 0.889. The normalized spacial score (nSPS) is 19.6. The number of nitrogens with zero attached hydrogens (tertiary/aromatic N) is 3. The molecule has 0 amide bonds. The topological polar surface area (TPSA) is 70.8 Å². The Morgan fingerprint density at radius 2 is 2.04 bits per heavy atom. The van der Waals surface area contributed by atoms with Crippen LogP contribution in [0.15, 0.2) is 24.4 Å². The Labute approximate surface area is 131 Å². The second kappa shape index (κ2) is 6.10. The molecule has 23 heavy (non-hydrogen) atoms. The number of nitrogens with one attached hydrogen (secondary N) is 1. The summed E-state index contributed by atoms with van der Waals surface area (Å²) in [7, 11) is 0. The summed E-state index contributed by atoms with van der Waals surface area (Å²) in [5, 5.41) is 6.90. The van der Waals surface area contributed by atoms with Crippen molar-refractivity contribution in [3.05, 3.63) is 35.7 Å². The fourth-order valence-corrected chi connectivity index (χ4v) is 2.94. The number of hydrogen-bond acceptors (Lipinski definition) is 4. The van der Waals surface area contributed by atoms with Crippen LogP contribution in [0.25, 0.3) is 0 Å². The number of anilines is 2. The van der Waals surface area contributed by atoms with E-state index in [1.165, 1.54) is 6.07 Å². The number of nitrogen functional groups attached to an aromatic ring is 1. The summed E-state index contributed by atoms with van der Waals surface area (Å²) in [5.41, 5.74) is 5.94.